The Morgan fingerprint density at radius 1 is 1.24 bits per heavy atom. The SMILES string of the molecule is O=C(NC1CCS(=O)(=O)C1)N1CCN(CCc2cccc(Cl)c2)CC1. The molecule has 6 nitrogen and oxygen atoms in total. The average molecular weight is 386 g/mol. The average Bonchev–Trinajstić information content (AvgIpc) is 2.92. The van der Waals surface area contributed by atoms with E-state index in [2.05, 4.69) is 16.3 Å². The van der Waals surface area contributed by atoms with Crippen LogP contribution in [0.1, 0.15) is 12.0 Å². The summed E-state index contributed by atoms with van der Waals surface area (Å²) in [6.07, 6.45) is 1.46. The second-order valence-electron chi connectivity index (χ2n) is 6.76. The second kappa shape index (κ2) is 7.93. The quantitative estimate of drug-likeness (QED) is 0.850. The minimum Gasteiger partial charge on any atom is -0.334 e. The molecule has 2 amide bonds. The summed E-state index contributed by atoms with van der Waals surface area (Å²) in [5.41, 5.74) is 1.22. The lowest BCUT2D eigenvalue weighted by Gasteiger charge is -2.35. The van der Waals surface area contributed by atoms with Crippen LogP contribution in [0.5, 0.6) is 0 Å². The van der Waals surface area contributed by atoms with E-state index in [-0.39, 0.29) is 23.6 Å². The van der Waals surface area contributed by atoms with E-state index in [1.54, 1.807) is 4.90 Å². The maximum atomic E-state index is 12.3. The maximum absolute atomic E-state index is 12.3. The first-order valence-corrected chi connectivity index (χ1v) is 10.8. The molecule has 138 valence electrons. The van der Waals surface area contributed by atoms with Gasteiger partial charge >= 0.3 is 6.03 Å². The summed E-state index contributed by atoms with van der Waals surface area (Å²) < 4.78 is 22.9. The summed E-state index contributed by atoms with van der Waals surface area (Å²) in [4.78, 5) is 16.4. The lowest BCUT2D eigenvalue weighted by atomic mass is 10.1. The molecule has 0 saturated carbocycles. The van der Waals surface area contributed by atoms with Crippen LogP contribution >= 0.6 is 11.6 Å². The van der Waals surface area contributed by atoms with Crippen LogP contribution in [-0.2, 0) is 16.3 Å². The lowest BCUT2D eigenvalue weighted by Crippen LogP contribution is -2.53. The lowest BCUT2D eigenvalue weighted by molar-refractivity contribution is 0.138. The zero-order valence-corrected chi connectivity index (χ0v) is 15.7. The summed E-state index contributed by atoms with van der Waals surface area (Å²) in [5.74, 6) is 0.244. The van der Waals surface area contributed by atoms with Crippen molar-refractivity contribution in [1.29, 1.82) is 0 Å². The Hall–Kier alpha value is -1.31. The highest BCUT2D eigenvalue weighted by Gasteiger charge is 2.30. The van der Waals surface area contributed by atoms with Gasteiger partial charge in [-0.1, -0.05) is 23.7 Å². The molecule has 2 fully saturated rings. The number of piperazine rings is 1. The summed E-state index contributed by atoms with van der Waals surface area (Å²) >= 11 is 6.01. The fraction of sp³-hybridized carbons (Fsp3) is 0.588. The standard InChI is InChI=1S/C17H24ClN3O3S/c18-15-3-1-2-14(12-15)4-6-20-7-9-21(10-8-20)17(22)19-16-5-11-25(23,24)13-16/h1-3,12,16H,4-11,13H2,(H,19,22). The Labute approximate surface area is 154 Å². The van der Waals surface area contributed by atoms with Gasteiger partial charge in [0.15, 0.2) is 9.84 Å². The molecule has 1 atom stereocenters. The first-order chi connectivity index (χ1) is 11.9. The van der Waals surface area contributed by atoms with Crippen LogP contribution in [0.25, 0.3) is 0 Å². The van der Waals surface area contributed by atoms with Gasteiger partial charge in [0, 0.05) is 43.8 Å². The summed E-state index contributed by atoms with van der Waals surface area (Å²) in [6.45, 7) is 3.94. The van der Waals surface area contributed by atoms with E-state index in [0.29, 0.717) is 19.5 Å². The van der Waals surface area contributed by atoms with Crippen molar-refractivity contribution < 1.29 is 13.2 Å². The van der Waals surface area contributed by atoms with Gasteiger partial charge in [-0.3, -0.25) is 4.90 Å². The summed E-state index contributed by atoms with van der Waals surface area (Å²) in [5, 5.41) is 3.62. The van der Waals surface area contributed by atoms with E-state index < -0.39 is 9.84 Å². The molecule has 25 heavy (non-hydrogen) atoms. The number of nitrogens with one attached hydrogen (secondary N) is 1. The molecular weight excluding hydrogens is 362 g/mol. The minimum absolute atomic E-state index is 0.0678. The van der Waals surface area contributed by atoms with E-state index in [4.69, 9.17) is 11.6 Å². The highest BCUT2D eigenvalue weighted by atomic mass is 35.5. The Morgan fingerprint density at radius 3 is 2.64 bits per heavy atom. The molecule has 0 spiro atoms. The molecule has 1 aromatic carbocycles. The normalized spacial score (nSPS) is 23.6. The van der Waals surface area contributed by atoms with Crippen molar-refractivity contribution in [1.82, 2.24) is 15.1 Å². The zero-order valence-electron chi connectivity index (χ0n) is 14.2. The second-order valence-corrected chi connectivity index (χ2v) is 9.42. The van der Waals surface area contributed by atoms with Gasteiger partial charge in [0.2, 0.25) is 0 Å². The number of benzene rings is 1. The Morgan fingerprint density at radius 2 is 2.00 bits per heavy atom. The minimum atomic E-state index is -2.97. The van der Waals surface area contributed by atoms with E-state index >= 15 is 0 Å². The molecule has 1 unspecified atom stereocenters. The van der Waals surface area contributed by atoms with Crippen molar-refractivity contribution in [3.05, 3.63) is 34.9 Å². The number of amides is 2. The van der Waals surface area contributed by atoms with Crippen LogP contribution in [0.2, 0.25) is 5.02 Å². The zero-order chi connectivity index (χ0) is 17.9. The van der Waals surface area contributed by atoms with Crippen LogP contribution in [-0.4, -0.2) is 74.5 Å². The van der Waals surface area contributed by atoms with Gasteiger partial charge < -0.3 is 10.2 Å². The van der Waals surface area contributed by atoms with E-state index in [0.717, 1.165) is 31.1 Å². The molecule has 1 N–H and O–H groups in total. The molecule has 2 aliphatic rings. The van der Waals surface area contributed by atoms with E-state index in [1.807, 2.05) is 18.2 Å². The molecule has 3 rings (SSSR count). The molecule has 0 aliphatic carbocycles. The number of carbonyl (C=O) groups is 1. The number of nitrogens with zero attached hydrogens (tertiary/aromatic N) is 2. The van der Waals surface area contributed by atoms with Crippen LogP contribution in [0.15, 0.2) is 24.3 Å². The van der Waals surface area contributed by atoms with Gasteiger partial charge in [0.05, 0.1) is 11.5 Å². The van der Waals surface area contributed by atoms with Crippen LogP contribution < -0.4 is 5.32 Å². The van der Waals surface area contributed by atoms with Crippen molar-refractivity contribution in [2.45, 2.75) is 18.9 Å². The topological polar surface area (TPSA) is 69.7 Å². The molecular formula is C17H24ClN3O3S. The third kappa shape index (κ3) is 5.33. The molecule has 0 aromatic heterocycles. The van der Waals surface area contributed by atoms with Gasteiger partial charge in [-0.15, -0.1) is 0 Å². The van der Waals surface area contributed by atoms with Crippen molar-refractivity contribution >= 4 is 27.5 Å². The molecule has 0 bridgehead atoms. The van der Waals surface area contributed by atoms with Crippen LogP contribution in [0, 0.1) is 0 Å². The number of carbonyl (C=O) groups excluding carboxylic acids is 1. The van der Waals surface area contributed by atoms with Crippen molar-refractivity contribution in [2.24, 2.45) is 0 Å². The fourth-order valence-electron chi connectivity index (χ4n) is 3.33. The predicted molar refractivity (Wildman–Crippen MR) is 98.8 cm³/mol. The molecule has 2 aliphatic heterocycles. The molecule has 2 saturated heterocycles. The number of urea groups is 1. The fourth-order valence-corrected chi connectivity index (χ4v) is 5.22. The number of hydrogen-bond donors (Lipinski definition) is 1. The van der Waals surface area contributed by atoms with E-state index in [1.165, 1.54) is 5.56 Å². The Bertz CT molecular complexity index is 718. The van der Waals surface area contributed by atoms with Gasteiger partial charge in [-0.2, -0.15) is 0 Å². The van der Waals surface area contributed by atoms with Crippen LogP contribution in [0.4, 0.5) is 4.79 Å². The number of rotatable bonds is 4. The smallest absolute Gasteiger partial charge is 0.317 e. The highest BCUT2D eigenvalue weighted by molar-refractivity contribution is 7.91. The molecule has 2 heterocycles. The van der Waals surface area contributed by atoms with Gasteiger partial charge in [-0.05, 0) is 30.5 Å². The van der Waals surface area contributed by atoms with Gasteiger partial charge in [0.25, 0.3) is 0 Å². The predicted octanol–water partition coefficient (Wildman–Crippen LogP) is 1.40. The third-order valence-corrected chi connectivity index (χ3v) is 6.83. The molecule has 0 radical (unpaired) electrons. The first kappa shape index (κ1) is 18.5. The first-order valence-electron chi connectivity index (χ1n) is 8.64. The largest absolute Gasteiger partial charge is 0.334 e. The van der Waals surface area contributed by atoms with Crippen molar-refractivity contribution in [3.63, 3.8) is 0 Å². The monoisotopic (exact) mass is 385 g/mol. The number of halogens is 1. The Kier molecular flexibility index (Phi) is 5.86. The van der Waals surface area contributed by atoms with Crippen LogP contribution in [0.3, 0.4) is 0 Å². The van der Waals surface area contributed by atoms with Gasteiger partial charge in [0.1, 0.15) is 0 Å². The molecule has 8 heteroatoms. The summed E-state index contributed by atoms with van der Waals surface area (Å²) in [6, 6.07) is 7.52. The van der Waals surface area contributed by atoms with Crippen molar-refractivity contribution in [3.8, 4) is 0 Å². The number of sulfone groups is 1. The van der Waals surface area contributed by atoms with E-state index in [9.17, 15) is 13.2 Å². The molecule has 1 aromatic rings. The van der Waals surface area contributed by atoms with Gasteiger partial charge in [-0.25, -0.2) is 13.2 Å². The maximum Gasteiger partial charge on any atom is 0.317 e. The Balaban J connectivity index is 1.40. The number of hydrogen-bond acceptors (Lipinski definition) is 4. The summed E-state index contributed by atoms with van der Waals surface area (Å²) in [7, 11) is -2.97. The van der Waals surface area contributed by atoms with Crippen molar-refractivity contribution in [2.75, 3.05) is 44.2 Å². The highest BCUT2D eigenvalue weighted by Crippen LogP contribution is 2.14. The third-order valence-electron chi connectivity index (χ3n) is 4.83.